The number of carbonyl (C=O) groups is 2. The van der Waals surface area contributed by atoms with Crippen LogP contribution in [0.1, 0.15) is 22.3 Å². The normalized spacial score (nSPS) is 10.2. The maximum atomic E-state index is 11.9. The molecule has 2 N–H and O–H groups in total. The van der Waals surface area contributed by atoms with Crippen molar-refractivity contribution in [2.75, 3.05) is 25.5 Å². The van der Waals surface area contributed by atoms with Crippen LogP contribution in [0.5, 0.6) is 0 Å². The number of halogens is 1. The molecule has 0 saturated heterocycles. The van der Waals surface area contributed by atoms with Gasteiger partial charge in [0.25, 0.3) is 0 Å². The lowest BCUT2D eigenvalue weighted by Gasteiger charge is -2.09. The molecule has 5 nitrogen and oxygen atoms in total. The third-order valence-electron chi connectivity index (χ3n) is 3.59. The number of anilines is 1. The molecular formula is C19H21ClN2O3. The van der Waals surface area contributed by atoms with Crippen molar-refractivity contribution in [3.05, 3.63) is 64.7 Å². The average molecular weight is 361 g/mol. The van der Waals surface area contributed by atoms with Crippen molar-refractivity contribution in [3.8, 4) is 0 Å². The van der Waals surface area contributed by atoms with Gasteiger partial charge in [0, 0.05) is 30.2 Å². The van der Waals surface area contributed by atoms with E-state index < -0.39 is 0 Å². The lowest BCUT2D eigenvalue weighted by Crippen LogP contribution is -2.27. The quantitative estimate of drug-likeness (QED) is 0.709. The van der Waals surface area contributed by atoms with Crippen LogP contribution < -0.4 is 10.6 Å². The molecule has 0 bridgehead atoms. The van der Waals surface area contributed by atoms with Crippen LogP contribution >= 0.6 is 11.6 Å². The Balaban J connectivity index is 1.69. The summed E-state index contributed by atoms with van der Waals surface area (Å²) in [7, 11) is 1.34. The van der Waals surface area contributed by atoms with Gasteiger partial charge in [-0.3, -0.25) is 4.79 Å². The van der Waals surface area contributed by atoms with Gasteiger partial charge in [0.05, 0.1) is 12.7 Å². The van der Waals surface area contributed by atoms with Crippen LogP contribution in [0.25, 0.3) is 0 Å². The number of hydrogen-bond acceptors (Lipinski definition) is 4. The van der Waals surface area contributed by atoms with Crippen LogP contribution in [0, 0.1) is 0 Å². The number of carbonyl (C=O) groups excluding carboxylic acids is 2. The molecule has 0 atom stereocenters. The van der Waals surface area contributed by atoms with Crippen LogP contribution in [0.15, 0.2) is 48.5 Å². The Morgan fingerprint density at radius 2 is 1.88 bits per heavy atom. The predicted octanol–water partition coefficient (Wildman–Crippen LogP) is 3.29. The van der Waals surface area contributed by atoms with Crippen LogP contribution in [-0.2, 0) is 16.0 Å². The van der Waals surface area contributed by atoms with Crippen LogP contribution in [0.3, 0.4) is 0 Å². The van der Waals surface area contributed by atoms with Gasteiger partial charge in [0.15, 0.2) is 0 Å². The molecule has 0 aliphatic heterocycles. The summed E-state index contributed by atoms with van der Waals surface area (Å²) in [6, 6.07) is 14.6. The highest BCUT2D eigenvalue weighted by atomic mass is 35.5. The van der Waals surface area contributed by atoms with Gasteiger partial charge in [0.2, 0.25) is 5.91 Å². The minimum Gasteiger partial charge on any atom is -0.465 e. The topological polar surface area (TPSA) is 67.4 Å². The second kappa shape index (κ2) is 9.69. The van der Waals surface area contributed by atoms with Crippen LogP contribution in [0.4, 0.5) is 5.69 Å². The van der Waals surface area contributed by atoms with E-state index in [4.69, 9.17) is 11.6 Å². The molecule has 0 heterocycles. The van der Waals surface area contributed by atoms with Gasteiger partial charge < -0.3 is 15.4 Å². The number of hydrogen-bond donors (Lipinski definition) is 2. The van der Waals surface area contributed by atoms with E-state index in [0.717, 1.165) is 17.7 Å². The summed E-state index contributed by atoms with van der Waals surface area (Å²) >= 11 is 5.93. The molecule has 0 fully saturated rings. The fraction of sp³-hybridized carbons (Fsp3) is 0.263. The fourth-order valence-corrected chi connectivity index (χ4v) is 2.53. The number of rotatable bonds is 8. The molecule has 0 spiro atoms. The molecule has 132 valence electrons. The van der Waals surface area contributed by atoms with Gasteiger partial charge in [-0.25, -0.2) is 4.79 Å². The van der Waals surface area contributed by atoms with Gasteiger partial charge in [-0.2, -0.15) is 0 Å². The zero-order chi connectivity index (χ0) is 18.1. The van der Waals surface area contributed by atoms with Crippen molar-refractivity contribution in [1.29, 1.82) is 0 Å². The zero-order valence-corrected chi connectivity index (χ0v) is 14.8. The Morgan fingerprint density at radius 1 is 1.08 bits per heavy atom. The van der Waals surface area contributed by atoms with E-state index in [0.29, 0.717) is 30.1 Å². The van der Waals surface area contributed by atoms with Gasteiger partial charge in [-0.05, 0) is 42.3 Å². The van der Waals surface area contributed by atoms with Crippen molar-refractivity contribution in [2.24, 2.45) is 0 Å². The first-order valence-corrected chi connectivity index (χ1v) is 8.39. The zero-order valence-electron chi connectivity index (χ0n) is 14.0. The summed E-state index contributed by atoms with van der Waals surface area (Å²) in [5, 5.41) is 6.70. The fourth-order valence-electron chi connectivity index (χ4n) is 2.32. The van der Waals surface area contributed by atoms with E-state index in [9.17, 15) is 9.59 Å². The van der Waals surface area contributed by atoms with E-state index in [1.54, 1.807) is 18.2 Å². The van der Waals surface area contributed by atoms with E-state index in [-0.39, 0.29) is 11.9 Å². The molecule has 2 aromatic rings. The number of amides is 1. The molecule has 2 aromatic carbocycles. The molecule has 25 heavy (non-hydrogen) atoms. The number of benzene rings is 2. The van der Waals surface area contributed by atoms with Gasteiger partial charge >= 0.3 is 5.97 Å². The average Bonchev–Trinajstić information content (AvgIpc) is 2.61. The van der Waals surface area contributed by atoms with E-state index in [1.165, 1.54) is 7.11 Å². The Bertz CT molecular complexity index is 734. The molecule has 6 heteroatoms. The first-order chi connectivity index (χ1) is 12.1. The second-order valence-corrected chi connectivity index (χ2v) is 5.92. The molecule has 0 unspecified atom stereocenters. The van der Waals surface area contributed by atoms with E-state index in [1.807, 2.05) is 30.3 Å². The van der Waals surface area contributed by atoms with E-state index >= 15 is 0 Å². The Hall–Kier alpha value is -2.53. The summed E-state index contributed by atoms with van der Waals surface area (Å²) in [4.78, 5) is 23.3. The first-order valence-electron chi connectivity index (χ1n) is 8.02. The summed E-state index contributed by atoms with van der Waals surface area (Å²) < 4.78 is 4.68. The van der Waals surface area contributed by atoms with Crippen molar-refractivity contribution >= 4 is 29.2 Å². The summed E-state index contributed by atoms with van der Waals surface area (Å²) in [6.07, 6.45) is 1.08. The SMILES string of the molecule is COC(=O)c1cccc(NCCC(=O)NCCc2cccc(Cl)c2)c1. The maximum absolute atomic E-state index is 11.9. The summed E-state index contributed by atoms with van der Waals surface area (Å²) in [6.45, 7) is 1.05. The lowest BCUT2D eigenvalue weighted by molar-refractivity contribution is -0.120. The molecule has 0 aliphatic rings. The molecule has 0 aromatic heterocycles. The first kappa shape index (κ1) is 18.8. The second-order valence-electron chi connectivity index (χ2n) is 5.48. The third kappa shape index (κ3) is 6.47. The number of ether oxygens (including phenoxy) is 1. The molecule has 0 aliphatic carbocycles. The largest absolute Gasteiger partial charge is 0.465 e. The standard InChI is InChI=1S/C19H21ClN2O3/c1-25-19(24)15-5-3-7-17(13-15)21-11-9-18(23)22-10-8-14-4-2-6-16(20)12-14/h2-7,12-13,21H,8-11H2,1H3,(H,22,23). The summed E-state index contributed by atoms with van der Waals surface area (Å²) in [5.41, 5.74) is 2.33. The van der Waals surface area contributed by atoms with Crippen molar-refractivity contribution < 1.29 is 14.3 Å². The van der Waals surface area contributed by atoms with Crippen molar-refractivity contribution in [1.82, 2.24) is 5.32 Å². The van der Waals surface area contributed by atoms with Gasteiger partial charge in [-0.15, -0.1) is 0 Å². The Kier molecular flexibility index (Phi) is 7.29. The molecule has 1 amide bonds. The van der Waals surface area contributed by atoms with Crippen LogP contribution in [0.2, 0.25) is 5.02 Å². The highest BCUT2D eigenvalue weighted by Gasteiger charge is 2.06. The van der Waals surface area contributed by atoms with Gasteiger partial charge in [0.1, 0.15) is 0 Å². The highest BCUT2D eigenvalue weighted by Crippen LogP contribution is 2.12. The maximum Gasteiger partial charge on any atom is 0.337 e. The van der Waals surface area contributed by atoms with Gasteiger partial charge in [-0.1, -0.05) is 29.8 Å². The molecule has 0 saturated carbocycles. The minimum absolute atomic E-state index is 0.0290. The number of esters is 1. The summed E-state index contributed by atoms with van der Waals surface area (Å²) in [5.74, 6) is -0.416. The van der Waals surface area contributed by atoms with Crippen molar-refractivity contribution in [2.45, 2.75) is 12.8 Å². The van der Waals surface area contributed by atoms with Crippen LogP contribution in [-0.4, -0.2) is 32.1 Å². The Morgan fingerprint density at radius 3 is 2.64 bits per heavy atom. The molecule has 0 radical (unpaired) electrons. The smallest absolute Gasteiger partial charge is 0.337 e. The minimum atomic E-state index is -0.387. The molecular weight excluding hydrogens is 340 g/mol. The number of nitrogens with one attached hydrogen (secondary N) is 2. The third-order valence-corrected chi connectivity index (χ3v) is 3.82. The van der Waals surface area contributed by atoms with E-state index in [2.05, 4.69) is 15.4 Å². The lowest BCUT2D eigenvalue weighted by atomic mass is 10.1. The highest BCUT2D eigenvalue weighted by molar-refractivity contribution is 6.30. The Labute approximate surface area is 152 Å². The number of methoxy groups -OCH3 is 1. The predicted molar refractivity (Wildman–Crippen MR) is 99.1 cm³/mol. The van der Waals surface area contributed by atoms with Crippen molar-refractivity contribution in [3.63, 3.8) is 0 Å². The molecule has 2 rings (SSSR count). The monoisotopic (exact) mass is 360 g/mol.